The number of nitrogen functional groups attached to an aromatic ring is 1. The lowest BCUT2D eigenvalue weighted by molar-refractivity contribution is 0.550. The summed E-state index contributed by atoms with van der Waals surface area (Å²) in [4.78, 5) is 0. The van der Waals surface area contributed by atoms with E-state index in [-0.39, 0.29) is 11.9 Å². The van der Waals surface area contributed by atoms with Crippen molar-refractivity contribution in [1.29, 1.82) is 0 Å². The van der Waals surface area contributed by atoms with Crippen LogP contribution < -0.4 is 17.0 Å². The third kappa shape index (κ3) is 2.49. The number of anilines is 1. The molecule has 0 saturated heterocycles. The van der Waals surface area contributed by atoms with Gasteiger partial charge in [-0.15, -0.1) is 0 Å². The molecule has 5 N–H and O–H groups in total. The Morgan fingerprint density at radius 3 is 2.83 bits per heavy atom. The minimum atomic E-state index is -0.262. The summed E-state index contributed by atoms with van der Waals surface area (Å²) in [6, 6.07) is 6.22. The fourth-order valence-electron chi connectivity index (χ4n) is 1.89. The molecular weight excluding hydrogens is 233 g/mol. The normalized spacial score (nSPS) is 12.6. The molecule has 0 spiro atoms. The molecule has 2 rings (SSSR count). The monoisotopic (exact) mass is 249 g/mol. The van der Waals surface area contributed by atoms with Crippen LogP contribution in [-0.4, -0.2) is 9.78 Å². The summed E-state index contributed by atoms with van der Waals surface area (Å²) in [6.07, 6.45) is 2.21. The van der Waals surface area contributed by atoms with Crippen LogP contribution in [-0.2, 0) is 13.5 Å². The summed E-state index contributed by atoms with van der Waals surface area (Å²) < 4.78 is 14.7. The van der Waals surface area contributed by atoms with Gasteiger partial charge in [0.05, 0.1) is 12.2 Å². The van der Waals surface area contributed by atoms with Gasteiger partial charge in [-0.2, -0.15) is 5.10 Å². The van der Waals surface area contributed by atoms with E-state index in [1.165, 1.54) is 12.1 Å². The summed E-state index contributed by atoms with van der Waals surface area (Å²) in [5.74, 6) is 5.82. The summed E-state index contributed by atoms with van der Waals surface area (Å²) in [5, 5.41) is 4.07. The van der Waals surface area contributed by atoms with Gasteiger partial charge in [0, 0.05) is 12.6 Å². The predicted octanol–water partition coefficient (Wildman–Crippen LogP) is 0.889. The zero-order valence-electron chi connectivity index (χ0n) is 10.1. The van der Waals surface area contributed by atoms with E-state index in [1.54, 1.807) is 24.0 Å². The fourth-order valence-corrected chi connectivity index (χ4v) is 1.89. The van der Waals surface area contributed by atoms with Crippen LogP contribution in [0.3, 0.4) is 0 Å². The molecule has 0 aliphatic rings. The summed E-state index contributed by atoms with van der Waals surface area (Å²) in [5.41, 5.74) is 10.2. The maximum Gasteiger partial charge on any atom is 0.126 e. The molecule has 1 heterocycles. The lowest BCUT2D eigenvalue weighted by Crippen LogP contribution is -2.30. The molecule has 18 heavy (non-hydrogen) atoms. The van der Waals surface area contributed by atoms with Gasteiger partial charge in [0.1, 0.15) is 11.6 Å². The van der Waals surface area contributed by atoms with Crippen LogP contribution in [0.15, 0.2) is 30.5 Å². The summed E-state index contributed by atoms with van der Waals surface area (Å²) in [7, 11) is 1.76. The molecule has 0 aliphatic heterocycles. The van der Waals surface area contributed by atoms with E-state index >= 15 is 0 Å². The second-order valence-electron chi connectivity index (χ2n) is 4.16. The van der Waals surface area contributed by atoms with Gasteiger partial charge in [-0.05, 0) is 24.1 Å². The highest BCUT2D eigenvalue weighted by atomic mass is 19.1. The molecule has 0 aliphatic carbocycles. The molecule has 0 radical (unpaired) electrons. The molecule has 0 bridgehead atoms. The average Bonchev–Trinajstić information content (AvgIpc) is 2.67. The first-order valence-electron chi connectivity index (χ1n) is 5.59. The van der Waals surface area contributed by atoms with E-state index in [4.69, 9.17) is 11.6 Å². The maximum absolute atomic E-state index is 13.1. The third-order valence-corrected chi connectivity index (χ3v) is 2.92. The lowest BCUT2D eigenvalue weighted by atomic mass is 10.0. The Morgan fingerprint density at radius 2 is 2.28 bits per heavy atom. The summed E-state index contributed by atoms with van der Waals surface area (Å²) in [6.45, 7) is 0. The van der Waals surface area contributed by atoms with Gasteiger partial charge in [-0.3, -0.25) is 16.0 Å². The molecule has 1 aromatic heterocycles. The fraction of sp³-hybridized carbons (Fsp3) is 0.250. The SMILES string of the molecule is Cn1ncc(C(Cc2cccc(F)c2)NN)c1N. The van der Waals surface area contributed by atoms with Crippen molar-refractivity contribution in [3.8, 4) is 0 Å². The van der Waals surface area contributed by atoms with Crippen molar-refractivity contribution >= 4 is 5.82 Å². The van der Waals surface area contributed by atoms with Gasteiger partial charge in [0.2, 0.25) is 0 Å². The van der Waals surface area contributed by atoms with Crippen molar-refractivity contribution in [2.45, 2.75) is 12.5 Å². The molecule has 0 saturated carbocycles. The lowest BCUT2D eigenvalue weighted by Gasteiger charge is -2.15. The Kier molecular flexibility index (Phi) is 3.59. The molecule has 1 atom stereocenters. The van der Waals surface area contributed by atoms with Crippen molar-refractivity contribution in [3.05, 3.63) is 47.4 Å². The second-order valence-corrected chi connectivity index (χ2v) is 4.16. The van der Waals surface area contributed by atoms with Crippen molar-refractivity contribution in [3.63, 3.8) is 0 Å². The zero-order chi connectivity index (χ0) is 13.1. The second kappa shape index (κ2) is 5.16. The van der Waals surface area contributed by atoms with Gasteiger partial charge in [-0.25, -0.2) is 4.39 Å². The quantitative estimate of drug-likeness (QED) is 0.555. The highest BCUT2D eigenvalue weighted by Crippen LogP contribution is 2.22. The molecule has 2 aromatic rings. The van der Waals surface area contributed by atoms with Gasteiger partial charge >= 0.3 is 0 Å². The van der Waals surface area contributed by atoms with Crippen molar-refractivity contribution in [2.24, 2.45) is 12.9 Å². The summed E-state index contributed by atoms with van der Waals surface area (Å²) >= 11 is 0. The van der Waals surface area contributed by atoms with Crippen molar-refractivity contribution < 1.29 is 4.39 Å². The Labute approximate surface area is 105 Å². The molecule has 6 heteroatoms. The van der Waals surface area contributed by atoms with Crippen LogP contribution in [0.25, 0.3) is 0 Å². The van der Waals surface area contributed by atoms with Crippen LogP contribution in [0.1, 0.15) is 17.2 Å². The van der Waals surface area contributed by atoms with Crippen LogP contribution in [0, 0.1) is 5.82 Å². The molecule has 0 fully saturated rings. The molecule has 1 unspecified atom stereocenters. The zero-order valence-corrected chi connectivity index (χ0v) is 10.1. The number of nitrogens with two attached hydrogens (primary N) is 2. The van der Waals surface area contributed by atoms with E-state index in [2.05, 4.69) is 10.5 Å². The molecular formula is C12H16FN5. The average molecular weight is 249 g/mol. The highest BCUT2D eigenvalue weighted by Gasteiger charge is 2.16. The van der Waals surface area contributed by atoms with E-state index in [1.807, 2.05) is 6.07 Å². The third-order valence-electron chi connectivity index (χ3n) is 2.92. The Balaban J connectivity index is 2.22. The van der Waals surface area contributed by atoms with Crippen LogP contribution in [0.5, 0.6) is 0 Å². The van der Waals surface area contributed by atoms with Crippen molar-refractivity contribution in [2.75, 3.05) is 5.73 Å². The maximum atomic E-state index is 13.1. The Hall–Kier alpha value is -1.92. The largest absolute Gasteiger partial charge is 0.384 e. The number of hydrogen-bond donors (Lipinski definition) is 3. The minimum Gasteiger partial charge on any atom is -0.384 e. The van der Waals surface area contributed by atoms with Gasteiger partial charge < -0.3 is 5.73 Å². The smallest absolute Gasteiger partial charge is 0.126 e. The number of halogens is 1. The number of hydrogen-bond acceptors (Lipinski definition) is 4. The first-order chi connectivity index (χ1) is 8.61. The van der Waals surface area contributed by atoms with E-state index < -0.39 is 0 Å². The number of hydrazine groups is 1. The predicted molar refractivity (Wildman–Crippen MR) is 67.8 cm³/mol. The van der Waals surface area contributed by atoms with Gasteiger partial charge in [0.25, 0.3) is 0 Å². The molecule has 5 nitrogen and oxygen atoms in total. The standard InChI is InChI=1S/C12H16FN5/c1-18-12(14)10(7-16-18)11(17-15)6-8-3-2-4-9(13)5-8/h2-5,7,11,17H,6,14-15H2,1H3. The minimum absolute atomic E-state index is 0.194. The number of aryl methyl sites for hydroxylation is 1. The van der Waals surface area contributed by atoms with Crippen LogP contribution >= 0.6 is 0 Å². The van der Waals surface area contributed by atoms with E-state index in [0.717, 1.165) is 11.1 Å². The Morgan fingerprint density at radius 1 is 1.50 bits per heavy atom. The van der Waals surface area contributed by atoms with E-state index in [0.29, 0.717) is 12.2 Å². The Bertz CT molecular complexity index is 537. The van der Waals surface area contributed by atoms with Crippen LogP contribution in [0.2, 0.25) is 0 Å². The van der Waals surface area contributed by atoms with Crippen LogP contribution in [0.4, 0.5) is 10.2 Å². The van der Waals surface area contributed by atoms with Gasteiger partial charge in [0.15, 0.2) is 0 Å². The number of benzene rings is 1. The van der Waals surface area contributed by atoms with Gasteiger partial charge in [-0.1, -0.05) is 12.1 Å². The van der Waals surface area contributed by atoms with E-state index in [9.17, 15) is 4.39 Å². The highest BCUT2D eigenvalue weighted by molar-refractivity contribution is 5.41. The molecule has 1 aromatic carbocycles. The number of nitrogens with one attached hydrogen (secondary N) is 1. The number of rotatable bonds is 4. The van der Waals surface area contributed by atoms with Crippen molar-refractivity contribution in [1.82, 2.24) is 15.2 Å². The molecule has 0 amide bonds. The first-order valence-corrected chi connectivity index (χ1v) is 5.59. The number of aromatic nitrogens is 2. The topological polar surface area (TPSA) is 81.9 Å². The molecule has 96 valence electrons. The number of nitrogens with zero attached hydrogens (tertiary/aromatic N) is 2. The first kappa shape index (κ1) is 12.5.